The molecule has 2 nitrogen and oxygen atoms in total. The largest absolute Gasteiger partial charge is 0.494 e. The van der Waals surface area contributed by atoms with Crippen molar-refractivity contribution < 1.29 is 9.13 Å². The van der Waals surface area contributed by atoms with E-state index in [1.165, 1.54) is 18.7 Å². The summed E-state index contributed by atoms with van der Waals surface area (Å²) < 4.78 is 18.5. The van der Waals surface area contributed by atoms with Crippen LogP contribution in [0.15, 0.2) is 48.5 Å². The topological polar surface area (TPSA) is 21.3 Å². The molecule has 0 aliphatic heterocycles. The molecule has 0 atom stereocenters. The van der Waals surface area contributed by atoms with E-state index in [9.17, 15) is 4.39 Å². The molecule has 0 amide bonds. The van der Waals surface area contributed by atoms with E-state index in [1.54, 1.807) is 6.07 Å². The molecule has 0 bridgehead atoms. The Bertz CT molecular complexity index is 579. The van der Waals surface area contributed by atoms with Gasteiger partial charge in [-0.15, -0.1) is 0 Å². The average molecular weight is 271 g/mol. The molecule has 1 N–H and O–H groups in total. The van der Waals surface area contributed by atoms with Gasteiger partial charge < -0.3 is 10.1 Å². The van der Waals surface area contributed by atoms with Crippen LogP contribution in [0.5, 0.6) is 5.75 Å². The Balaban J connectivity index is 1.58. The van der Waals surface area contributed by atoms with Crippen LogP contribution in [0.2, 0.25) is 0 Å². The van der Waals surface area contributed by atoms with Gasteiger partial charge in [0.15, 0.2) is 11.6 Å². The van der Waals surface area contributed by atoms with Crippen molar-refractivity contribution in [1.82, 2.24) is 0 Å². The van der Waals surface area contributed by atoms with Crippen molar-refractivity contribution in [3.8, 4) is 5.75 Å². The van der Waals surface area contributed by atoms with Crippen LogP contribution in [-0.4, -0.2) is 13.2 Å². The van der Waals surface area contributed by atoms with Crippen LogP contribution in [0, 0.1) is 5.82 Å². The van der Waals surface area contributed by atoms with Crippen LogP contribution in [0.25, 0.3) is 0 Å². The fourth-order valence-electron chi connectivity index (χ4n) is 2.72. The molecule has 0 radical (unpaired) electrons. The van der Waals surface area contributed by atoms with Gasteiger partial charge in [0, 0.05) is 17.8 Å². The van der Waals surface area contributed by atoms with Crippen molar-refractivity contribution in [1.29, 1.82) is 0 Å². The van der Waals surface area contributed by atoms with Crippen LogP contribution < -0.4 is 10.1 Å². The fraction of sp³-hybridized carbons (Fsp3) is 0.294. The molecule has 0 spiro atoms. The molecule has 2 aromatic rings. The third-order valence-electron chi connectivity index (χ3n) is 3.93. The minimum absolute atomic E-state index is 0.284. The van der Waals surface area contributed by atoms with E-state index in [4.69, 9.17) is 4.74 Å². The second kappa shape index (κ2) is 5.53. The first-order chi connectivity index (χ1) is 9.76. The molecule has 1 aliphatic rings. The lowest BCUT2D eigenvalue weighted by Gasteiger charge is -2.37. The molecule has 104 valence electrons. The van der Waals surface area contributed by atoms with Crippen molar-refractivity contribution in [2.45, 2.75) is 24.8 Å². The molecule has 1 saturated carbocycles. The Morgan fingerprint density at radius 3 is 2.50 bits per heavy atom. The van der Waals surface area contributed by atoms with Gasteiger partial charge in [0.25, 0.3) is 0 Å². The van der Waals surface area contributed by atoms with Crippen molar-refractivity contribution in [2.24, 2.45) is 0 Å². The number of ether oxygens (including phenoxy) is 1. The number of nitrogens with one attached hydrogen (secondary N) is 1. The zero-order valence-electron chi connectivity index (χ0n) is 11.5. The van der Waals surface area contributed by atoms with Gasteiger partial charge in [-0.3, -0.25) is 0 Å². The number of anilines is 1. The van der Waals surface area contributed by atoms with E-state index < -0.39 is 0 Å². The highest BCUT2D eigenvalue weighted by molar-refractivity contribution is 5.48. The molecule has 1 aliphatic carbocycles. The second-order valence-electron chi connectivity index (χ2n) is 5.27. The molecule has 0 aromatic heterocycles. The van der Waals surface area contributed by atoms with Gasteiger partial charge in [0.2, 0.25) is 0 Å². The molecule has 0 saturated heterocycles. The van der Waals surface area contributed by atoms with Crippen molar-refractivity contribution in [3.63, 3.8) is 0 Å². The van der Waals surface area contributed by atoms with Gasteiger partial charge in [0.05, 0.1) is 7.11 Å². The summed E-state index contributed by atoms with van der Waals surface area (Å²) in [6, 6.07) is 16.0. The maximum absolute atomic E-state index is 13.6. The van der Waals surface area contributed by atoms with Crippen molar-refractivity contribution in [3.05, 3.63) is 59.9 Å². The zero-order valence-corrected chi connectivity index (χ0v) is 11.5. The Hall–Kier alpha value is -2.03. The number of benzene rings is 2. The third kappa shape index (κ3) is 2.62. The summed E-state index contributed by atoms with van der Waals surface area (Å²) in [4.78, 5) is 0. The van der Waals surface area contributed by atoms with E-state index >= 15 is 0 Å². The maximum atomic E-state index is 13.6. The minimum atomic E-state index is -0.323. The Morgan fingerprint density at radius 1 is 1.10 bits per heavy atom. The van der Waals surface area contributed by atoms with Gasteiger partial charge in [-0.2, -0.15) is 0 Å². The predicted octanol–water partition coefficient (Wildman–Crippen LogP) is 4.19. The van der Waals surface area contributed by atoms with Crippen LogP contribution in [0.4, 0.5) is 10.1 Å². The van der Waals surface area contributed by atoms with Gasteiger partial charge in [-0.05, 0) is 36.5 Å². The highest BCUT2D eigenvalue weighted by atomic mass is 19.1. The van der Waals surface area contributed by atoms with Crippen molar-refractivity contribution >= 4 is 5.69 Å². The van der Waals surface area contributed by atoms with Crippen LogP contribution in [0.3, 0.4) is 0 Å². The highest BCUT2D eigenvalue weighted by Crippen LogP contribution is 2.38. The van der Waals surface area contributed by atoms with E-state index in [-0.39, 0.29) is 11.6 Å². The first kappa shape index (κ1) is 13.0. The van der Waals surface area contributed by atoms with E-state index in [2.05, 4.69) is 29.6 Å². The molecule has 20 heavy (non-hydrogen) atoms. The van der Waals surface area contributed by atoms with Crippen LogP contribution in [-0.2, 0) is 0 Å². The lowest BCUT2D eigenvalue weighted by Crippen LogP contribution is -2.33. The lowest BCUT2D eigenvalue weighted by molar-refractivity contribution is 0.373. The quantitative estimate of drug-likeness (QED) is 0.900. The van der Waals surface area contributed by atoms with E-state index in [0.29, 0.717) is 12.0 Å². The van der Waals surface area contributed by atoms with Gasteiger partial charge in [-0.1, -0.05) is 30.3 Å². The molecule has 0 heterocycles. The highest BCUT2D eigenvalue weighted by Gasteiger charge is 2.30. The maximum Gasteiger partial charge on any atom is 0.167 e. The summed E-state index contributed by atoms with van der Waals surface area (Å²) in [6.45, 7) is 0. The summed E-state index contributed by atoms with van der Waals surface area (Å²) >= 11 is 0. The predicted molar refractivity (Wildman–Crippen MR) is 78.8 cm³/mol. The Labute approximate surface area is 118 Å². The molecule has 3 rings (SSSR count). The van der Waals surface area contributed by atoms with E-state index in [0.717, 1.165) is 18.5 Å². The average Bonchev–Trinajstić information content (AvgIpc) is 2.43. The summed E-state index contributed by atoms with van der Waals surface area (Å²) in [5, 5.41) is 3.37. The monoisotopic (exact) mass is 271 g/mol. The molecular formula is C17H18FNO. The molecule has 2 aromatic carbocycles. The lowest BCUT2D eigenvalue weighted by atomic mass is 9.76. The van der Waals surface area contributed by atoms with Crippen molar-refractivity contribution in [2.75, 3.05) is 12.4 Å². The molecular weight excluding hydrogens is 253 g/mol. The normalized spacial score (nSPS) is 21.1. The first-order valence-electron chi connectivity index (χ1n) is 6.91. The minimum Gasteiger partial charge on any atom is -0.494 e. The number of hydrogen-bond acceptors (Lipinski definition) is 2. The second-order valence-corrected chi connectivity index (χ2v) is 5.27. The SMILES string of the molecule is COc1ccc(NC2CC(c3ccccc3)C2)cc1F. The molecule has 0 unspecified atom stereocenters. The van der Waals surface area contributed by atoms with Gasteiger partial charge in [0.1, 0.15) is 0 Å². The zero-order chi connectivity index (χ0) is 13.9. The van der Waals surface area contributed by atoms with Gasteiger partial charge >= 0.3 is 0 Å². The Kier molecular flexibility index (Phi) is 3.59. The summed E-state index contributed by atoms with van der Waals surface area (Å²) in [6.07, 6.45) is 2.19. The standard InChI is InChI=1S/C17H18FNO/c1-20-17-8-7-14(11-16(17)18)19-15-9-13(10-15)12-5-3-2-4-6-12/h2-8,11,13,15,19H,9-10H2,1H3. The number of rotatable bonds is 4. The smallest absolute Gasteiger partial charge is 0.167 e. The number of hydrogen-bond donors (Lipinski definition) is 1. The summed E-state index contributed by atoms with van der Waals surface area (Å²) in [7, 11) is 1.47. The number of methoxy groups -OCH3 is 1. The summed E-state index contributed by atoms with van der Waals surface area (Å²) in [5.41, 5.74) is 2.21. The third-order valence-corrected chi connectivity index (χ3v) is 3.93. The Morgan fingerprint density at radius 2 is 1.85 bits per heavy atom. The molecule has 3 heteroatoms. The fourth-order valence-corrected chi connectivity index (χ4v) is 2.72. The van der Waals surface area contributed by atoms with Crippen LogP contribution in [0.1, 0.15) is 24.3 Å². The molecule has 1 fully saturated rings. The van der Waals surface area contributed by atoms with E-state index in [1.807, 2.05) is 12.1 Å². The van der Waals surface area contributed by atoms with Gasteiger partial charge in [-0.25, -0.2) is 4.39 Å². The van der Waals surface area contributed by atoms with Crippen LogP contribution >= 0.6 is 0 Å². The first-order valence-corrected chi connectivity index (χ1v) is 6.91. The summed E-state index contributed by atoms with van der Waals surface area (Å²) in [5.74, 6) is 0.583. The number of halogens is 1.